The molecule has 0 saturated carbocycles. The van der Waals surface area contributed by atoms with Gasteiger partial charge in [0.2, 0.25) is 0 Å². The minimum absolute atomic E-state index is 0.669. The summed E-state index contributed by atoms with van der Waals surface area (Å²) in [6, 6.07) is 0. The second-order valence-corrected chi connectivity index (χ2v) is 3.19. The van der Waals surface area contributed by atoms with E-state index >= 15 is 0 Å². The molecule has 0 aromatic carbocycles. The summed E-state index contributed by atoms with van der Waals surface area (Å²) in [5.74, 6) is 0.669. The van der Waals surface area contributed by atoms with Crippen LogP contribution in [0.2, 0.25) is 0 Å². The highest BCUT2D eigenvalue weighted by Gasteiger charge is 2.05. The van der Waals surface area contributed by atoms with Gasteiger partial charge in [0.25, 0.3) is 0 Å². The second kappa shape index (κ2) is 3.51. The van der Waals surface area contributed by atoms with Gasteiger partial charge in [-0.2, -0.15) is 0 Å². The Morgan fingerprint density at radius 1 is 1.45 bits per heavy atom. The van der Waals surface area contributed by atoms with Gasteiger partial charge in [-0.1, -0.05) is 26.0 Å². The summed E-state index contributed by atoms with van der Waals surface area (Å²) in [4.78, 5) is 0. The van der Waals surface area contributed by atoms with Crippen molar-refractivity contribution < 1.29 is 0 Å². The summed E-state index contributed by atoms with van der Waals surface area (Å²) < 4.78 is 0. The van der Waals surface area contributed by atoms with Crippen LogP contribution in [0.4, 0.5) is 0 Å². The van der Waals surface area contributed by atoms with Crippen LogP contribution in [0.3, 0.4) is 0 Å². The van der Waals surface area contributed by atoms with E-state index in [1.807, 2.05) is 0 Å². The van der Waals surface area contributed by atoms with E-state index in [1.54, 1.807) is 0 Å². The van der Waals surface area contributed by atoms with Gasteiger partial charge in [-0.15, -0.1) is 5.10 Å². The van der Waals surface area contributed by atoms with E-state index in [2.05, 4.69) is 36.2 Å². The van der Waals surface area contributed by atoms with Crippen LogP contribution in [0.15, 0.2) is 0 Å². The summed E-state index contributed by atoms with van der Waals surface area (Å²) in [7, 11) is 0. The molecular formula is C8H15N3. The highest BCUT2D eigenvalue weighted by molar-refractivity contribution is 5.08. The first-order chi connectivity index (χ1) is 5.24. The average molecular weight is 153 g/mol. The zero-order valence-electron chi connectivity index (χ0n) is 7.39. The molecule has 0 saturated heterocycles. The Balaban J connectivity index is 2.68. The Morgan fingerprint density at radius 2 is 2.18 bits per heavy atom. The number of nitrogens with zero attached hydrogens (tertiary/aromatic N) is 2. The second-order valence-electron chi connectivity index (χ2n) is 3.19. The third kappa shape index (κ3) is 2.03. The van der Waals surface area contributed by atoms with Crippen molar-refractivity contribution in [2.45, 2.75) is 33.6 Å². The van der Waals surface area contributed by atoms with Crippen molar-refractivity contribution >= 4 is 0 Å². The Labute approximate surface area is 67.2 Å². The standard InChI is InChI=1S/C8H15N3/c1-4-7-8(5-6(2)3)10-11-9-7/h6H,4-5H2,1-3H3,(H,9,10,11). The maximum absolute atomic E-state index is 3.98. The molecule has 11 heavy (non-hydrogen) atoms. The quantitative estimate of drug-likeness (QED) is 0.716. The predicted octanol–water partition coefficient (Wildman–Crippen LogP) is 1.57. The molecule has 0 radical (unpaired) electrons. The molecule has 0 fully saturated rings. The molecule has 3 heteroatoms. The van der Waals surface area contributed by atoms with Gasteiger partial charge in [-0.3, -0.25) is 5.10 Å². The van der Waals surface area contributed by atoms with Gasteiger partial charge in [0.15, 0.2) is 0 Å². The number of rotatable bonds is 3. The summed E-state index contributed by atoms with van der Waals surface area (Å²) >= 11 is 0. The van der Waals surface area contributed by atoms with E-state index in [1.165, 1.54) is 5.69 Å². The number of aromatic nitrogens is 3. The molecular weight excluding hydrogens is 138 g/mol. The maximum atomic E-state index is 3.98. The monoisotopic (exact) mass is 153 g/mol. The molecule has 3 nitrogen and oxygen atoms in total. The van der Waals surface area contributed by atoms with Crippen molar-refractivity contribution in [1.82, 2.24) is 15.4 Å². The molecule has 0 atom stereocenters. The SMILES string of the molecule is CCc1nn[nH]c1CC(C)C. The molecule has 0 spiro atoms. The highest BCUT2D eigenvalue weighted by atomic mass is 15.3. The van der Waals surface area contributed by atoms with Gasteiger partial charge >= 0.3 is 0 Å². The third-order valence-electron chi connectivity index (χ3n) is 1.65. The van der Waals surface area contributed by atoms with Crippen molar-refractivity contribution in [3.8, 4) is 0 Å². The fourth-order valence-electron chi connectivity index (χ4n) is 1.13. The van der Waals surface area contributed by atoms with Crippen LogP contribution in [0.25, 0.3) is 0 Å². The molecule has 0 aliphatic carbocycles. The van der Waals surface area contributed by atoms with Crippen molar-refractivity contribution in [1.29, 1.82) is 0 Å². The first-order valence-electron chi connectivity index (χ1n) is 4.12. The van der Waals surface area contributed by atoms with Crippen molar-refractivity contribution in [3.05, 3.63) is 11.4 Å². The number of aromatic amines is 1. The van der Waals surface area contributed by atoms with Crippen molar-refractivity contribution in [2.24, 2.45) is 5.92 Å². The lowest BCUT2D eigenvalue weighted by Crippen LogP contribution is -1.97. The smallest absolute Gasteiger partial charge is 0.0853 e. The van der Waals surface area contributed by atoms with E-state index in [0.29, 0.717) is 5.92 Å². The summed E-state index contributed by atoms with van der Waals surface area (Å²) in [5, 5.41) is 10.7. The summed E-state index contributed by atoms with van der Waals surface area (Å²) in [6.45, 7) is 6.49. The minimum Gasteiger partial charge on any atom is -0.262 e. The molecule has 62 valence electrons. The summed E-state index contributed by atoms with van der Waals surface area (Å²) in [6.07, 6.45) is 2.02. The van der Waals surface area contributed by atoms with Crippen LogP contribution in [0.1, 0.15) is 32.2 Å². The van der Waals surface area contributed by atoms with Crippen LogP contribution < -0.4 is 0 Å². The van der Waals surface area contributed by atoms with Crippen LogP contribution in [-0.2, 0) is 12.8 Å². The third-order valence-corrected chi connectivity index (χ3v) is 1.65. The lowest BCUT2D eigenvalue weighted by Gasteiger charge is -2.01. The molecule has 0 aliphatic rings. The van der Waals surface area contributed by atoms with Gasteiger partial charge in [-0.05, 0) is 18.8 Å². The lowest BCUT2D eigenvalue weighted by molar-refractivity contribution is 0.630. The Morgan fingerprint density at radius 3 is 2.73 bits per heavy atom. The summed E-state index contributed by atoms with van der Waals surface area (Å²) in [5.41, 5.74) is 2.31. The van der Waals surface area contributed by atoms with Gasteiger partial charge in [0, 0.05) is 0 Å². The number of hydrogen-bond donors (Lipinski definition) is 1. The first kappa shape index (κ1) is 8.24. The zero-order chi connectivity index (χ0) is 8.27. The Bertz CT molecular complexity index is 215. The topological polar surface area (TPSA) is 41.6 Å². The minimum atomic E-state index is 0.669. The van der Waals surface area contributed by atoms with Crippen molar-refractivity contribution in [3.63, 3.8) is 0 Å². The number of hydrogen-bond acceptors (Lipinski definition) is 2. The van der Waals surface area contributed by atoms with Gasteiger partial charge < -0.3 is 0 Å². The van der Waals surface area contributed by atoms with Crippen LogP contribution in [0.5, 0.6) is 0 Å². The van der Waals surface area contributed by atoms with Crippen LogP contribution in [-0.4, -0.2) is 15.4 Å². The molecule has 0 unspecified atom stereocenters. The predicted molar refractivity (Wildman–Crippen MR) is 44.3 cm³/mol. The lowest BCUT2D eigenvalue weighted by atomic mass is 10.1. The molecule has 1 aromatic heterocycles. The number of nitrogens with one attached hydrogen (secondary N) is 1. The molecule has 1 aromatic rings. The van der Waals surface area contributed by atoms with Gasteiger partial charge in [0.05, 0.1) is 11.4 Å². The largest absolute Gasteiger partial charge is 0.262 e. The van der Waals surface area contributed by atoms with Gasteiger partial charge in [-0.25, -0.2) is 0 Å². The molecule has 0 amide bonds. The molecule has 1 N–H and O–H groups in total. The number of H-pyrrole nitrogens is 1. The van der Waals surface area contributed by atoms with Crippen LogP contribution in [0, 0.1) is 5.92 Å². The molecule has 0 aliphatic heterocycles. The van der Waals surface area contributed by atoms with E-state index in [9.17, 15) is 0 Å². The zero-order valence-corrected chi connectivity index (χ0v) is 7.39. The Hall–Kier alpha value is -0.860. The highest BCUT2D eigenvalue weighted by Crippen LogP contribution is 2.08. The van der Waals surface area contributed by atoms with Gasteiger partial charge in [0.1, 0.15) is 0 Å². The van der Waals surface area contributed by atoms with E-state index < -0.39 is 0 Å². The van der Waals surface area contributed by atoms with E-state index in [4.69, 9.17) is 0 Å². The van der Waals surface area contributed by atoms with E-state index in [0.717, 1.165) is 18.5 Å². The van der Waals surface area contributed by atoms with Crippen LogP contribution >= 0.6 is 0 Å². The fourth-order valence-corrected chi connectivity index (χ4v) is 1.13. The van der Waals surface area contributed by atoms with E-state index in [-0.39, 0.29) is 0 Å². The Kier molecular flexibility index (Phi) is 2.63. The van der Waals surface area contributed by atoms with Crippen molar-refractivity contribution in [2.75, 3.05) is 0 Å². The maximum Gasteiger partial charge on any atom is 0.0853 e. The molecule has 0 bridgehead atoms. The molecule has 1 rings (SSSR count). The molecule has 1 heterocycles. The number of aryl methyl sites for hydroxylation is 1. The fraction of sp³-hybridized carbons (Fsp3) is 0.750. The first-order valence-corrected chi connectivity index (χ1v) is 4.12. The normalized spacial score (nSPS) is 10.9. The average Bonchev–Trinajstić information content (AvgIpc) is 2.34.